The van der Waals surface area contributed by atoms with Crippen molar-refractivity contribution in [3.05, 3.63) is 74.4 Å². The van der Waals surface area contributed by atoms with Crippen LogP contribution in [0.25, 0.3) is 0 Å². The van der Waals surface area contributed by atoms with Crippen LogP contribution in [0.3, 0.4) is 0 Å². The Labute approximate surface area is 125 Å². The van der Waals surface area contributed by atoms with Crippen molar-refractivity contribution in [3.8, 4) is 0 Å². The molecule has 0 amide bonds. The third kappa shape index (κ3) is 2.76. The van der Waals surface area contributed by atoms with Crippen LogP contribution in [-0.4, -0.2) is 0 Å². The van der Waals surface area contributed by atoms with Gasteiger partial charge in [-0.15, -0.1) is 22.7 Å². The second-order valence-electron chi connectivity index (χ2n) is 4.59. The molecule has 0 saturated carbocycles. The Morgan fingerprint density at radius 2 is 1.65 bits per heavy atom. The number of hydrogen-bond donors (Lipinski definition) is 1. The van der Waals surface area contributed by atoms with Crippen molar-refractivity contribution >= 4 is 28.4 Å². The van der Waals surface area contributed by atoms with E-state index in [1.807, 2.05) is 35.9 Å². The fourth-order valence-corrected chi connectivity index (χ4v) is 3.76. The molecule has 0 aliphatic carbocycles. The van der Waals surface area contributed by atoms with Gasteiger partial charge in [-0.05, 0) is 47.5 Å². The Morgan fingerprint density at radius 1 is 1.00 bits per heavy atom. The lowest BCUT2D eigenvalue weighted by Gasteiger charge is -2.18. The van der Waals surface area contributed by atoms with Gasteiger partial charge >= 0.3 is 0 Å². The zero-order valence-corrected chi connectivity index (χ0v) is 12.6. The van der Waals surface area contributed by atoms with Crippen LogP contribution >= 0.6 is 22.7 Å². The van der Waals surface area contributed by atoms with Crippen molar-refractivity contribution < 1.29 is 4.39 Å². The molecule has 3 rings (SSSR count). The number of rotatable bonds is 4. The number of anilines is 1. The maximum atomic E-state index is 14.0. The second-order valence-corrected chi connectivity index (χ2v) is 6.55. The first-order chi connectivity index (χ1) is 9.74. The van der Waals surface area contributed by atoms with Crippen LogP contribution in [0.2, 0.25) is 0 Å². The number of benzene rings is 1. The molecule has 2 aromatic heterocycles. The first kappa shape index (κ1) is 13.3. The monoisotopic (exact) mass is 303 g/mol. The summed E-state index contributed by atoms with van der Waals surface area (Å²) in [5.74, 6) is -0.214. The van der Waals surface area contributed by atoms with Gasteiger partial charge in [-0.1, -0.05) is 18.2 Å². The molecular formula is C16H14FNS2. The number of thiophene rings is 2. The summed E-state index contributed by atoms with van der Waals surface area (Å²) in [6.45, 7) is 1.97. The summed E-state index contributed by atoms with van der Waals surface area (Å²) in [5.41, 5.74) is 1.60. The van der Waals surface area contributed by atoms with Crippen molar-refractivity contribution in [3.63, 3.8) is 0 Å². The summed E-state index contributed by atoms with van der Waals surface area (Å²) < 4.78 is 14.0. The average molecular weight is 303 g/mol. The predicted molar refractivity (Wildman–Crippen MR) is 85.2 cm³/mol. The SMILES string of the molecule is Cc1ccc(F)c(NC(c2cccs2)c2cccs2)c1. The average Bonchev–Trinajstić information content (AvgIpc) is 3.12. The highest BCUT2D eigenvalue weighted by molar-refractivity contribution is 7.11. The van der Waals surface area contributed by atoms with Gasteiger partial charge in [0.1, 0.15) is 5.82 Å². The van der Waals surface area contributed by atoms with Gasteiger partial charge in [0.2, 0.25) is 0 Å². The molecule has 102 valence electrons. The van der Waals surface area contributed by atoms with Gasteiger partial charge < -0.3 is 5.32 Å². The minimum Gasteiger partial charge on any atom is -0.370 e. The van der Waals surface area contributed by atoms with E-state index in [-0.39, 0.29) is 11.9 Å². The van der Waals surface area contributed by atoms with Gasteiger partial charge in [0, 0.05) is 9.75 Å². The first-order valence-corrected chi connectivity index (χ1v) is 8.09. The maximum absolute atomic E-state index is 14.0. The first-order valence-electron chi connectivity index (χ1n) is 6.33. The summed E-state index contributed by atoms with van der Waals surface area (Å²) in [4.78, 5) is 2.38. The van der Waals surface area contributed by atoms with E-state index in [9.17, 15) is 4.39 Å². The van der Waals surface area contributed by atoms with Crippen LogP contribution < -0.4 is 5.32 Å². The van der Waals surface area contributed by atoms with Crippen molar-refractivity contribution in [1.29, 1.82) is 0 Å². The van der Waals surface area contributed by atoms with Crippen molar-refractivity contribution in [2.24, 2.45) is 0 Å². The van der Waals surface area contributed by atoms with Crippen LogP contribution in [0, 0.1) is 12.7 Å². The predicted octanol–water partition coefficient (Wildman–Crippen LogP) is 5.46. The summed E-state index contributed by atoms with van der Waals surface area (Å²) in [6.07, 6.45) is 0. The van der Waals surface area contributed by atoms with E-state index in [4.69, 9.17) is 0 Å². The molecule has 1 aromatic carbocycles. The maximum Gasteiger partial charge on any atom is 0.146 e. The van der Waals surface area contributed by atoms with Crippen molar-refractivity contribution in [2.45, 2.75) is 13.0 Å². The van der Waals surface area contributed by atoms with E-state index in [1.165, 1.54) is 15.8 Å². The minimum absolute atomic E-state index is 0.00583. The third-order valence-electron chi connectivity index (χ3n) is 3.08. The van der Waals surface area contributed by atoms with E-state index in [2.05, 4.69) is 17.4 Å². The standard InChI is InChI=1S/C16H14FNS2/c1-11-6-7-12(17)13(10-11)18-16(14-4-2-8-19-14)15-5-3-9-20-15/h2-10,16,18H,1H3. The summed E-state index contributed by atoms with van der Waals surface area (Å²) in [5, 5.41) is 7.43. The van der Waals surface area contributed by atoms with Crippen LogP contribution in [0.15, 0.2) is 53.2 Å². The molecule has 20 heavy (non-hydrogen) atoms. The summed E-state index contributed by atoms with van der Waals surface area (Å²) in [7, 11) is 0. The van der Waals surface area contributed by atoms with E-state index < -0.39 is 0 Å². The lowest BCUT2D eigenvalue weighted by Crippen LogP contribution is -2.10. The van der Waals surface area contributed by atoms with Crippen LogP contribution in [0.5, 0.6) is 0 Å². The minimum atomic E-state index is -0.214. The van der Waals surface area contributed by atoms with Crippen molar-refractivity contribution in [1.82, 2.24) is 0 Å². The molecule has 0 bridgehead atoms. The largest absolute Gasteiger partial charge is 0.370 e. The molecule has 2 heterocycles. The molecule has 3 aromatic rings. The van der Waals surface area contributed by atoms with Crippen LogP contribution in [0.4, 0.5) is 10.1 Å². The van der Waals surface area contributed by atoms with E-state index >= 15 is 0 Å². The highest BCUT2D eigenvalue weighted by Gasteiger charge is 2.17. The van der Waals surface area contributed by atoms with E-state index in [0.717, 1.165) is 5.56 Å². The van der Waals surface area contributed by atoms with Gasteiger partial charge in [-0.25, -0.2) is 4.39 Å². The van der Waals surface area contributed by atoms with Crippen LogP contribution in [-0.2, 0) is 0 Å². The fraction of sp³-hybridized carbons (Fsp3) is 0.125. The van der Waals surface area contributed by atoms with Crippen LogP contribution in [0.1, 0.15) is 21.4 Å². The van der Waals surface area contributed by atoms with Gasteiger partial charge in [0.15, 0.2) is 0 Å². The van der Waals surface area contributed by atoms with Gasteiger partial charge in [-0.2, -0.15) is 0 Å². The topological polar surface area (TPSA) is 12.0 Å². The fourth-order valence-electron chi connectivity index (χ4n) is 2.10. The smallest absolute Gasteiger partial charge is 0.146 e. The molecule has 0 fully saturated rings. The highest BCUT2D eigenvalue weighted by atomic mass is 32.1. The third-order valence-corrected chi connectivity index (χ3v) is 4.95. The normalized spacial score (nSPS) is 10.9. The Morgan fingerprint density at radius 3 is 2.20 bits per heavy atom. The number of halogens is 1. The molecule has 0 aliphatic rings. The number of hydrogen-bond acceptors (Lipinski definition) is 3. The quantitative estimate of drug-likeness (QED) is 0.675. The lowest BCUT2D eigenvalue weighted by atomic mass is 10.1. The molecule has 1 N–H and O–H groups in total. The number of nitrogens with one attached hydrogen (secondary N) is 1. The highest BCUT2D eigenvalue weighted by Crippen LogP contribution is 2.33. The Balaban J connectivity index is 1.97. The molecule has 0 spiro atoms. The molecule has 1 nitrogen and oxygen atoms in total. The Hall–Kier alpha value is -1.65. The Bertz CT molecular complexity index is 640. The Kier molecular flexibility index (Phi) is 3.85. The summed E-state index contributed by atoms with van der Waals surface area (Å²) in [6, 6.07) is 13.4. The summed E-state index contributed by atoms with van der Waals surface area (Å²) >= 11 is 3.36. The molecule has 0 saturated heterocycles. The van der Waals surface area contributed by atoms with Gasteiger partial charge in [-0.3, -0.25) is 0 Å². The molecule has 0 radical (unpaired) electrons. The van der Waals surface area contributed by atoms with E-state index in [0.29, 0.717) is 5.69 Å². The van der Waals surface area contributed by atoms with E-state index in [1.54, 1.807) is 28.7 Å². The zero-order valence-electron chi connectivity index (χ0n) is 11.0. The zero-order chi connectivity index (χ0) is 13.9. The molecule has 4 heteroatoms. The molecule has 0 atom stereocenters. The van der Waals surface area contributed by atoms with Crippen molar-refractivity contribution in [2.75, 3.05) is 5.32 Å². The molecule has 0 unspecified atom stereocenters. The van der Waals surface area contributed by atoms with Gasteiger partial charge in [0.25, 0.3) is 0 Å². The van der Waals surface area contributed by atoms with Gasteiger partial charge in [0.05, 0.1) is 11.7 Å². The second kappa shape index (κ2) is 5.77. The number of aryl methyl sites for hydroxylation is 1. The lowest BCUT2D eigenvalue weighted by molar-refractivity contribution is 0.628. The molecular weight excluding hydrogens is 289 g/mol. The molecule has 0 aliphatic heterocycles.